The van der Waals surface area contributed by atoms with Gasteiger partial charge in [0.05, 0.1) is 18.7 Å². The number of ether oxygens (including phenoxy) is 1. The first-order chi connectivity index (χ1) is 9.56. The maximum absolute atomic E-state index is 11.8. The van der Waals surface area contributed by atoms with E-state index in [1.807, 2.05) is 0 Å². The Hall–Kier alpha value is -1.67. The highest BCUT2D eigenvalue weighted by Crippen LogP contribution is 2.18. The molecule has 0 aliphatic carbocycles. The molecule has 1 aliphatic heterocycles. The number of carbonyl (C=O) groups is 2. The monoisotopic (exact) mass is 299 g/mol. The Balaban J connectivity index is 1.84. The molecular formula is C12H17N3O4S. The second kappa shape index (κ2) is 6.67. The average Bonchev–Trinajstić information content (AvgIpc) is 2.89. The van der Waals surface area contributed by atoms with Crippen LogP contribution in [0.2, 0.25) is 0 Å². The van der Waals surface area contributed by atoms with E-state index in [-0.39, 0.29) is 23.8 Å². The van der Waals surface area contributed by atoms with Crippen molar-refractivity contribution in [1.29, 1.82) is 0 Å². The fraction of sp³-hybridized carbons (Fsp3) is 0.583. The number of hydrogen-bond donors (Lipinski definition) is 3. The zero-order valence-electron chi connectivity index (χ0n) is 11.1. The van der Waals surface area contributed by atoms with Crippen molar-refractivity contribution in [2.24, 2.45) is 0 Å². The van der Waals surface area contributed by atoms with Crippen LogP contribution in [-0.2, 0) is 4.74 Å². The molecule has 1 aliphatic rings. The van der Waals surface area contributed by atoms with Crippen LogP contribution < -0.4 is 10.6 Å². The molecule has 20 heavy (non-hydrogen) atoms. The Morgan fingerprint density at radius 3 is 3.00 bits per heavy atom. The first-order valence-electron chi connectivity index (χ1n) is 6.39. The fourth-order valence-corrected chi connectivity index (χ4v) is 2.72. The third kappa shape index (κ3) is 3.91. The fourth-order valence-electron chi connectivity index (χ4n) is 1.92. The summed E-state index contributed by atoms with van der Waals surface area (Å²) in [4.78, 5) is 26.5. The number of thiazole rings is 1. The maximum Gasteiger partial charge on any atom is 0.355 e. The highest BCUT2D eigenvalue weighted by atomic mass is 32.1. The number of aromatic carboxylic acids is 1. The van der Waals surface area contributed by atoms with Gasteiger partial charge in [-0.05, 0) is 19.8 Å². The zero-order chi connectivity index (χ0) is 14.5. The van der Waals surface area contributed by atoms with Gasteiger partial charge in [-0.3, -0.25) is 0 Å². The number of carbonyl (C=O) groups excluding carboxylic acids is 1. The maximum atomic E-state index is 11.8. The molecule has 2 amide bonds. The Labute approximate surface area is 120 Å². The van der Waals surface area contributed by atoms with Crippen molar-refractivity contribution in [1.82, 2.24) is 15.6 Å². The summed E-state index contributed by atoms with van der Waals surface area (Å²) in [6.45, 7) is 3.04. The van der Waals surface area contributed by atoms with Gasteiger partial charge in [-0.15, -0.1) is 11.3 Å². The summed E-state index contributed by atoms with van der Waals surface area (Å²) in [7, 11) is 0. The van der Waals surface area contributed by atoms with Gasteiger partial charge in [0.1, 0.15) is 5.01 Å². The lowest BCUT2D eigenvalue weighted by atomic mass is 10.1. The van der Waals surface area contributed by atoms with Crippen molar-refractivity contribution in [3.8, 4) is 0 Å². The number of carboxylic acid groups (broad SMARTS) is 1. The second-order valence-corrected chi connectivity index (χ2v) is 5.52. The smallest absolute Gasteiger partial charge is 0.355 e. The van der Waals surface area contributed by atoms with Crippen LogP contribution in [0.5, 0.6) is 0 Å². The summed E-state index contributed by atoms with van der Waals surface area (Å²) in [5.41, 5.74) is -0.000242. The van der Waals surface area contributed by atoms with Crippen LogP contribution in [0.3, 0.4) is 0 Å². The largest absolute Gasteiger partial charge is 0.476 e. The van der Waals surface area contributed by atoms with Gasteiger partial charge in [0.25, 0.3) is 0 Å². The van der Waals surface area contributed by atoms with E-state index >= 15 is 0 Å². The van der Waals surface area contributed by atoms with E-state index in [1.54, 1.807) is 6.92 Å². The van der Waals surface area contributed by atoms with Gasteiger partial charge in [-0.1, -0.05) is 0 Å². The first kappa shape index (κ1) is 14.7. The summed E-state index contributed by atoms with van der Waals surface area (Å²) in [6.07, 6.45) is 1.84. The lowest BCUT2D eigenvalue weighted by molar-refractivity contribution is 0.0691. The molecule has 7 nitrogen and oxygen atoms in total. The van der Waals surface area contributed by atoms with Gasteiger partial charge in [-0.2, -0.15) is 0 Å². The van der Waals surface area contributed by atoms with E-state index in [1.165, 1.54) is 16.7 Å². The number of aromatic nitrogens is 1. The van der Waals surface area contributed by atoms with Gasteiger partial charge < -0.3 is 20.5 Å². The summed E-state index contributed by atoms with van der Waals surface area (Å²) >= 11 is 1.21. The van der Waals surface area contributed by atoms with E-state index in [2.05, 4.69) is 15.6 Å². The predicted molar refractivity (Wildman–Crippen MR) is 73.0 cm³/mol. The summed E-state index contributed by atoms with van der Waals surface area (Å²) in [5.74, 6) is -1.07. The molecule has 1 fully saturated rings. The Bertz CT molecular complexity index is 485. The van der Waals surface area contributed by atoms with Crippen molar-refractivity contribution < 1.29 is 19.4 Å². The average molecular weight is 299 g/mol. The molecule has 0 saturated carbocycles. The Morgan fingerprint density at radius 1 is 1.60 bits per heavy atom. The molecule has 3 N–H and O–H groups in total. The van der Waals surface area contributed by atoms with Crippen LogP contribution in [0.4, 0.5) is 4.79 Å². The Kier molecular flexibility index (Phi) is 4.91. The molecule has 2 atom stereocenters. The normalized spacial score (nSPS) is 20.1. The van der Waals surface area contributed by atoms with Crippen molar-refractivity contribution in [2.75, 3.05) is 13.2 Å². The molecule has 0 bridgehead atoms. The quantitative estimate of drug-likeness (QED) is 0.780. The summed E-state index contributed by atoms with van der Waals surface area (Å²) in [5, 5.41) is 16.4. The van der Waals surface area contributed by atoms with Crippen LogP contribution in [0.1, 0.15) is 41.3 Å². The third-order valence-electron chi connectivity index (χ3n) is 2.95. The van der Waals surface area contributed by atoms with Crippen molar-refractivity contribution in [3.63, 3.8) is 0 Å². The highest BCUT2D eigenvalue weighted by molar-refractivity contribution is 7.09. The number of amides is 2. The topological polar surface area (TPSA) is 101 Å². The number of urea groups is 1. The second-order valence-electron chi connectivity index (χ2n) is 4.63. The molecule has 2 rings (SSSR count). The predicted octanol–water partition coefficient (Wildman–Crippen LogP) is 1.38. The van der Waals surface area contributed by atoms with Gasteiger partial charge in [0.2, 0.25) is 0 Å². The standard InChI is InChI=1S/C12H17N3O4S/c1-7(10-15-9(6-20-10)11(16)17)13-12(18)14-8-3-2-4-19-5-8/h6-8H,2-5H2,1H3,(H,16,17)(H2,13,14,18). The van der Waals surface area contributed by atoms with E-state index in [0.29, 0.717) is 11.6 Å². The molecule has 8 heteroatoms. The molecule has 0 aromatic carbocycles. The highest BCUT2D eigenvalue weighted by Gasteiger charge is 2.19. The number of rotatable bonds is 4. The third-order valence-corrected chi connectivity index (χ3v) is 3.98. The molecular weight excluding hydrogens is 282 g/mol. The molecule has 1 saturated heterocycles. The van der Waals surface area contributed by atoms with Gasteiger partial charge in [-0.25, -0.2) is 14.6 Å². The minimum Gasteiger partial charge on any atom is -0.476 e. The lowest BCUT2D eigenvalue weighted by Gasteiger charge is -2.24. The zero-order valence-corrected chi connectivity index (χ0v) is 11.9. The first-order valence-corrected chi connectivity index (χ1v) is 7.27. The van der Waals surface area contributed by atoms with Crippen LogP contribution >= 0.6 is 11.3 Å². The molecule has 110 valence electrons. The van der Waals surface area contributed by atoms with Gasteiger partial charge >= 0.3 is 12.0 Å². The van der Waals surface area contributed by atoms with Crippen LogP contribution in [0, 0.1) is 0 Å². The minimum atomic E-state index is -1.07. The SMILES string of the molecule is CC(NC(=O)NC1CCCOC1)c1nc(C(=O)O)cs1. The molecule has 2 heterocycles. The molecule has 0 spiro atoms. The molecule has 0 radical (unpaired) electrons. The van der Waals surface area contributed by atoms with E-state index in [9.17, 15) is 9.59 Å². The van der Waals surface area contributed by atoms with Gasteiger partial charge in [0, 0.05) is 12.0 Å². The van der Waals surface area contributed by atoms with Crippen molar-refractivity contribution in [3.05, 3.63) is 16.1 Å². The Morgan fingerprint density at radius 2 is 2.40 bits per heavy atom. The molecule has 1 aromatic heterocycles. The lowest BCUT2D eigenvalue weighted by Crippen LogP contribution is -2.46. The number of hydrogen-bond acceptors (Lipinski definition) is 5. The molecule has 2 unspecified atom stereocenters. The summed E-state index contributed by atoms with van der Waals surface area (Å²) < 4.78 is 5.28. The van der Waals surface area contributed by atoms with E-state index < -0.39 is 5.97 Å². The summed E-state index contributed by atoms with van der Waals surface area (Å²) in [6, 6.07) is -0.598. The number of nitrogens with zero attached hydrogens (tertiary/aromatic N) is 1. The van der Waals surface area contributed by atoms with E-state index in [0.717, 1.165) is 19.4 Å². The van der Waals surface area contributed by atoms with Crippen LogP contribution in [0.15, 0.2) is 5.38 Å². The van der Waals surface area contributed by atoms with Crippen LogP contribution in [0.25, 0.3) is 0 Å². The van der Waals surface area contributed by atoms with E-state index in [4.69, 9.17) is 9.84 Å². The van der Waals surface area contributed by atoms with Crippen LogP contribution in [-0.4, -0.2) is 41.3 Å². The number of nitrogens with one attached hydrogen (secondary N) is 2. The van der Waals surface area contributed by atoms with Crippen molar-refractivity contribution >= 4 is 23.3 Å². The van der Waals surface area contributed by atoms with Crippen molar-refractivity contribution in [2.45, 2.75) is 31.8 Å². The molecule has 1 aromatic rings. The number of carboxylic acids is 1. The van der Waals surface area contributed by atoms with Gasteiger partial charge in [0.15, 0.2) is 5.69 Å². The minimum absolute atomic E-state index is 0.000242.